The summed E-state index contributed by atoms with van der Waals surface area (Å²) in [6.45, 7) is 9.52. The highest BCUT2D eigenvalue weighted by molar-refractivity contribution is 9.10. The lowest BCUT2D eigenvalue weighted by atomic mass is 9.79. The van der Waals surface area contributed by atoms with Crippen LogP contribution < -0.4 is 0 Å². The van der Waals surface area contributed by atoms with Gasteiger partial charge in [-0.05, 0) is 113 Å². The zero-order valence-corrected chi connectivity index (χ0v) is 22.0. The summed E-state index contributed by atoms with van der Waals surface area (Å²) in [6, 6.07) is 30.3. The average molecular weight is 513 g/mol. The number of hydrogen-bond acceptors (Lipinski definition) is 0. The van der Waals surface area contributed by atoms with Crippen molar-refractivity contribution in [3.63, 3.8) is 0 Å². The van der Waals surface area contributed by atoms with Crippen LogP contribution in [0.1, 0.15) is 49.9 Å². The minimum Gasteiger partial charge on any atom is -0.0613 e. The third-order valence-electron chi connectivity index (χ3n) is 8.98. The summed E-state index contributed by atoms with van der Waals surface area (Å²) in [7, 11) is 0. The van der Waals surface area contributed by atoms with Crippen LogP contribution in [0.5, 0.6) is 0 Å². The van der Waals surface area contributed by atoms with Gasteiger partial charge in [0.2, 0.25) is 0 Å². The number of halogens is 1. The summed E-state index contributed by atoms with van der Waals surface area (Å²) in [6.07, 6.45) is 0. The van der Waals surface area contributed by atoms with E-state index in [0.717, 1.165) is 4.47 Å². The largest absolute Gasteiger partial charge is 0.0613 e. The molecule has 0 heterocycles. The third-order valence-corrected chi connectivity index (χ3v) is 9.44. The van der Waals surface area contributed by atoms with E-state index in [1.165, 1.54) is 76.5 Å². The molecule has 168 valence electrons. The van der Waals surface area contributed by atoms with Crippen molar-refractivity contribution in [3.05, 3.63) is 106 Å². The first-order valence-electron chi connectivity index (χ1n) is 12.5. The first-order valence-corrected chi connectivity index (χ1v) is 13.3. The Bertz CT molecular complexity index is 1950. The summed E-state index contributed by atoms with van der Waals surface area (Å²) in [5.41, 5.74) is 8.38. The Morgan fingerprint density at radius 2 is 0.914 bits per heavy atom. The molecule has 0 fully saturated rings. The molecule has 2 aliphatic rings. The van der Waals surface area contributed by atoms with E-state index < -0.39 is 0 Å². The normalized spacial score (nSPS) is 16.6. The summed E-state index contributed by atoms with van der Waals surface area (Å²) < 4.78 is 1.16. The maximum absolute atomic E-state index is 3.76. The number of hydrogen-bond donors (Lipinski definition) is 0. The van der Waals surface area contributed by atoms with Crippen LogP contribution in [0.15, 0.2) is 83.3 Å². The maximum Gasteiger partial charge on any atom is 0.0184 e. The Labute approximate surface area is 213 Å². The van der Waals surface area contributed by atoms with Gasteiger partial charge in [-0.1, -0.05) is 86.1 Å². The molecular weight excluding hydrogens is 488 g/mol. The third kappa shape index (κ3) is 2.33. The fraction of sp³-hybridized carbons (Fsp3) is 0.176. The Morgan fingerprint density at radius 1 is 0.457 bits per heavy atom. The van der Waals surface area contributed by atoms with Gasteiger partial charge in [0.15, 0.2) is 0 Å². The Hall–Kier alpha value is -3.16. The molecule has 0 nitrogen and oxygen atoms in total. The molecule has 0 aromatic heterocycles. The van der Waals surface area contributed by atoms with Crippen LogP contribution in [0.4, 0.5) is 0 Å². The quantitative estimate of drug-likeness (QED) is 0.192. The van der Waals surface area contributed by atoms with Crippen LogP contribution in [0.3, 0.4) is 0 Å². The summed E-state index contributed by atoms with van der Waals surface area (Å²) in [5, 5.41) is 11.1. The van der Waals surface area contributed by atoms with E-state index in [1.807, 2.05) is 0 Å². The van der Waals surface area contributed by atoms with Crippen molar-refractivity contribution < 1.29 is 0 Å². The van der Waals surface area contributed by atoms with Gasteiger partial charge in [-0.25, -0.2) is 0 Å². The molecule has 6 aromatic carbocycles. The first-order chi connectivity index (χ1) is 16.7. The highest BCUT2D eigenvalue weighted by Crippen LogP contribution is 2.53. The van der Waals surface area contributed by atoms with Gasteiger partial charge in [0.05, 0.1) is 0 Å². The van der Waals surface area contributed by atoms with Gasteiger partial charge in [0.1, 0.15) is 0 Å². The van der Waals surface area contributed by atoms with Crippen LogP contribution in [-0.4, -0.2) is 0 Å². The standard InChI is InChI=1S/C34H25Br/c1-33(2)25-7-5-6-18-8-9-19-12-22(15-26(33)30(19)29(18)25)23-13-20-10-11-21-14-24(35)17-28-32(21)31(20)27(16-23)34(28,3)4/h5-17H,1-4H3. The first kappa shape index (κ1) is 20.1. The molecule has 0 radical (unpaired) electrons. The molecule has 0 N–H and O–H groups in total. The molecule has 0 amide bonds. The molecule has 0 saturated carbocycles. The topological polar surface area (TPSA) is 0 Å². The molecule has 0 unspecified atom stereocenters. The molecule has 2 aliphatic carbocycles. The van der Waals surface area contributed by atoms with Crippen molar-refractivity contribution in [3.8, 4) is 11.1 Å². The van der Waals surface area contributed by atoms with E-state index in [2.05, 4.69) is 122 Å². The predicted octanol–water partition coefficient (Wildman–Crippen LogP) is 10.0. The second-order valence-corrected chi connectivity index (χ2v) is 12.5. The van der Waals surface area contributed by atoms with E-state index in [-0.39, 0.29) is 10.8 Å². The second-order valence-electron chi connectivity index (χ2n) is 11.6. The monoisotopic (exact) mass is 512 g/mol. The van der Waals surface area contributed by atoms with Crippen LogP contribution in [0, 0.1) is 0 Å². The fourth-order valence-electron chi connectivity index (χ4n) is 7.16. The molecule has 6 aromatic rings. The molecule has 35 heavy (non-hydrogen) atoms. The summed E-state index contributed by atoms with van der Waals surface area (Å²) in [4.78, 5) is 0. The molecular formula is C34H25Br. The van der Waals surface area contributed by atoms with Crippen LogP contribution in [-0.2, 0) is 10.8 Å². The SMILES string of the molecule is CC1(C)c2cccc3ccc4cc(-c5cc6c7c(ccc8cc(Br)cc(c87)C6(C)C)c5)cc1c4c23. The minimum absolute atomic E-state index is 0.000953. The Kier molecular flexibility index (Phi) is 3.53. The van der Waals surface area contributed by atoms with E-state index >= 15 is 0 Å². The fourth-order valence-corrected chi connectivity index (χ4v) is 7.63. The molecule has 1 heteroatoms. The van der Waals surface area contributed by atoms with Crippen LogP contribution >= 0.6 is 15.9 Å². The highest BCUT2D eigenvalue weighted by Gasteiger charge is 2.36. The van der Waals surface area contributed by atoms with Gasteiger partial charge in [-0.3, -0.25) is 0 Å². The Morgan fingerprint density at radius 3 is 1.51 bits per heavy atom. The minimum atomic E-state index is -0.0325. The van der Waals surface area contributed by atoms with Gasteiger partial charge in [-0.15, -0.1) is 0 Å². The van der Waals surface area contributed by atoms with Crippen molar-refractivity contribution >= 4 is 59.0 Å². The van der Waals surface area contributed by atoms with Gasteiger partial charge >= 0.3 is 0 Å². The Balaban J connectivity index is 1.44. The van der Waals surface area contributed by atoms with Gasteiger partial charge in [0, 0.05) is 15.3 Å². The molecule has 0 aliphatic heterocycles. The van der Waals surface area contributed by atoms with Crippen molar-refractivity contribution in [2.75, 3.05) is 0 Å². The van der Waals surface area contributed by atoms with E-state index in [9.17, 15) is 0 Å². The second kappa shape index (κ2) is 6.15. The van der Waals surface area contributed by atoms with Crippen molar-refractivity contribution in [1.82, 2.24) is 0 Å². The molecule has 0 spiro atoms. The zero-order chi connectivity index (χ0) is 23.9. The van der Waals surface area contributed by atoms with Gasteiger partial charge < -0.3 is 0 Å². The van der Waals surface area contributed by atoms with E-state index in [0.29, 0.717) is 0 Å². The molecule has 0 bridgehead atoms. The van der Waals surface area contributed by atoms with Crippen molar-refractivity contribution in [2.24, 2.45) is 0 Å². The van der Waals surface area contributed by atoms with Gasteiger partial charge in [-0.2, -0.15) is 0 Å². The summed E-state index contributed by atoms with van der Waals surface area (Å²) in [5.74, 6) is 0. The smallest absolute Gasteiger partial charge is 0.0184 e. The van der Waals surface area contributed by atoms with Crippen LogP contribution in [0.25, 0.3) is 54.2 Å². The van der Waals surface area contributed by atoms with E-state index in [4.69, 9.17) is 0 Å². The number of benzene rings is 6. The molecule has 0 saturated heterocycles. The molecule has 0 atom stereocenters. The maximum atomic E-state index is 3.76. The number of rotatable bonds is 1. The lowest BCUT2D eigenvalue weighted by Crippen LogP contribution is -2.16. The van der Waals surface area contributed by atoms with Gasteiger partial charge in [0.25, 0.3) is 0 Å². The lowest BCUT2D eigenvalue weighted by Gasteiger charge is -2.24. The molecule has 8 rings (SSSR count). The van der Waals surface area contributed by atoms with E-state index in [1.54, 1.807) is 0 Å². The van der Waals surface area contributed by atoms with Crippen LogP contribution in [0.2, 0.25) is 0 Å². The highest BCUT2D eigenvalue weighted by atomic mass is 79.9. The van der Waals surface area contributed by atoms with Crippen molar-refractivity contribution in [2.45, 2.75) is 38.5 Å². The van der Waals surface area contributed by atoms with Crippen molar-refractivity contribution in [1.29, 1.82) is 0 Å². The zero-order valence-electron chi connectivity index (χ0n) is 20.4. The average Bonchev–Trinajstić information content (AvgIpc) is 3.22. The lowest BCUT2D eigenvalue weighted by molar-refractivity contribution is 0.662. The summed E-state index contributed by atoms with van der Waals surface area (Å²) >= 11 is 3.76. The predicted molar refractivity (Wildman–Crippen MR) is 154 cm³/mol.